The second-order valence-electron chi connectivity index (χ2n) is 6.12. The summed E-state index contributed by atoms with van der Waals surface area (Å²) in [7, 11) is -3.67. The van der Waals surface area contributed by atoms with E-state index >= 15 is 0 Å². The van der Waals surface area contributed by atoms with Gasteiger partial charge in [-0.2, -0.15) is 0 Å². The van der Waals surface area contributed by atoms with Crippen LogP contribution in [0, 0.1) is 20.8 Å². The third kappa shape index (κ3) is 4.00. The summed E-state index contributed by atoms with van der Waals surface area (Å²) >= 11 is 0. The zero-order valence-electron chi connectivity index (χ0n) is 13.7. The second kappa shape index (κ2) is 6.84. The van der Waals surface area contributed by atoms with Crippen molar-refractivity contribution in [2.45, 2.75) is 57.4 Å². The molecule has 23 heavy (non-hydrogen) atoms. The summed E-state index contributed by atoms with van der Waals surface area (Å²) in [6, 6.07) is 1.65. The number of carbonyl (C=O) groups is 1. The standard InChI is InChI=1S/C17H23NO4S/c1-11-9-12(2)17(13(3)15(11)10-16(19)20)23(21,22)18-14-7-5-4-6-8-14/h4-5,9,14,18H,6-8,10H2,1-3H3,(H,19,20). The fourth-order valence-electron chi connectivity index (χ4n) is 3.22. The quantitative estimate of drug-likeness (QED) is 0.809. The topological polar surface area (TPSA) is 83.5 Å². The third-order valence-corrected chi connectivity index (χ3v) is 6.06. The number of allylic oxidation sites excluding steroid dienone is 1. The highest BCUT2D eigenvalue weighted by molar-refractivity contribution is 7.89. The number of nitrogens with one attached hydrogen (secondary N) is 1. The fourth-order valence-corrected chi connectivity index (χ4v) is 5.00. The highest BCUT2D eigenvalue weighted by atomic mass is 32.2. The Morgan fingerprint density at radius 3 is 2.52 bits per heavy atom. The van der Waals surface area contributed by atoms with Crippen LogP contribution >= 0.6 is 0 Å². The van der Waals surface area contributed by atoms with Crippen LogP contribution in [0.25, 0.3) is 0 Å². The van der Waals surface area contributed by atoms with Crippen LogP contribution in [0.2, 0.25) is 0 Å². The van der Waals surface area contributed by atoms with Crippen LogP contribution in [0.4, 0.5) is 0 Å². The molecule has 0 saturated heterocycles. The Morgan fingerprint density at radius 1 is 1.26 bits per heavy atom. The lowest BCUT2D eigenvalue weighted by Gasteiger charge is -2.22. The zero-order chi connectivity index (χ0) is 17.2. The average Bonchev–Trinajstić information content (AvgIpc) is 2.43. The van der Waals surface area contributed by atoms with Crippen molar-refractivity contribution in [2.24, 2.45) is 0 Å². The van der Waals surface area contributed by atoms with Gasteiger partial charge in [0.1, 0.15) is 0 Å². The van der Waals surface area contributed by atoms with Gasteiger partial charge in [0.05, 0.1) is 11.3 Å². The average molecular weight is 337 g/mol. The van der Waals surface area contributed by atoms with Crippen LogP contribution in [0.1, 0.15) is 41.5 Å². The predicted octanol–water partition coefficient (Wildman–Crippen LogP) is 2.63. The molecule has 0 aromatic heterocycles. The van der Waals surface area contributed by atoms with E-state index in [1.807, 2.05) is 13.0 Å². The van der Waals surface area contributed by atoms with Crippen LogP contribution in [0.5, 0.6) is 0 Å². The maximum Gasteiger partial charge on any atom is 0.307 e. The number of hydrogen-bond donors (Lipinski definition) is 2. The lowest BCUT2D eigenvalue weighted by atomic mass is 9.97. The van der Waals surface area contributed by atoms with Gasteiger partial charge in [0, 0.05) is 6.04 Å². The summed E-state index contributed by atoms with van der Waals surface area (Å²) in [5, 5.41) is 9.07. The van der Waals surface area contributed by atoms with Gasteiger partial charge in [-0.25, -0.2) is 13.1 Å². The molecule has 0 bridgehead atoms. The summed E-state index contributed by atoms with van der Waals surface area (Å²) in [5.41, 5.74) is 2.56. The van der Waals surface area contributed by atoms with Gasteiger partial charge >= 0.3 is 5.97 Å². The molecule has 0 saturated carbocycles. The number of hydrogen-bond acceptors (Lipinski definition) is 3. The van der Waals surface area contributed by atoms with Crippen LogP contribution in [0.15, 0.2) is 23.1 Å². The molecule has 1 aliphatic carbocycles. The maximum absolute atomic E-state index is 12.8. The number of aryl methyl sites for hydroxylation is 2. The Kier molecular flexibility index (Phi) is 5.26. The van der Waals surface area contributed by atoms with E-state index in [4.69, 9.17) is 5.11 Å². The third-order valence-electron chi connectivity index (χ3n) is 4.25. The van der Waals surface area contributed by atoms with Crippen molar-refractivity contribution < 1.29 is 18.3 Å². The van der Waals surface area contributed by atoms with E-state index in [9.17, 15) is 13.2 Å². The van der Waals surface area contributed by atoms with E-state index in [-0.39, 0.29) is 17.4 Å². The molecule has 2 N–H and O–H groups in total. The zero-order valence-corrected chi connectivity index (χ0v) is 14.5. The van der Waals surface area contributed by atoms with Gasteiger partial charge in [-0.05, 0) is 62.3 Å². The van der Waals surface area contributed by atoms with E-state index in [0.29, 0.717) is 23.1 Å². The highest BCUT2D eigenvalue weighted by Crippen LogP contribution is 2.27. The maximum atomic E-state index is 12.8. The molecular formula is C17H23NO4S. The molecule has 0 radical (unpaired) electrons. The van der Waals surface area contributed by atoms with E-state index < -0.39 is 16.0 Å². The minimum Gasteiger partial charge on any atom is -0.481 e. The minimum atomic E-state index is -3.67. The molecule has 1 aliphatic rings. The first-order valence-electron chi connectivity index (χ1n) is 7.71. The molecule has 5 nitrogen and oxygen atoms in total. The Labute approximate surface area is 137 Å². The summed E-state index contributed by atoms with van der Waals surface area (Å²) in [5.74, 6) is -0.964. The summed E-state index contributed by atoms with van der Waals surface area (Å²) < 4.78 is 28.4. The van der Waals surface area contributed by atoms with Gasteiger partial charge in [0.25, 0.3) is 0 Å². The molecule has 0 fully saturated rings. The van der Waals surface area contributed by atoms with Gasteiger partial charge in [-0.3, -0.25) is 4.79 Å². The lowest BCUT2D eigenvalue weighted by molar-refractivity contribution is -0.136. The van der Waals surface area contributed by atoms with Crippen molar-refractivity contribution in [2.75, 3.05) is 0 Å². The first-order chi connectivity index (χ1) is 10.7. The highest BCUT2D eigenvalue weighted by Gasteiger charge is 2.26. The van der Waals surface area contributed by atoms with E-state index in [2.05, 4.69) is 10.8 Å². The van der Waals surface area contributed by atoms with E-state index in [0.717, 1.165) is 18.4 Å². The van der Waals surface area contributed by atoms with Gasteiger partial charge in [0.2, 0.25) is 10.0 Å². The molecule has 0 heterocycles. The van der Waals surface area contributed by atoms with Crippen LogP contribution < -0.4 is 4.72 Å². The number of benzene rings is 1. The predicted molar refractivity (Wildman–Crippen MR) is 89.1 cm³/mol. The van der Waals surface area contributed by atoms with Crippen LogP contribution in [-0.4, -0.2) is 25.5 Å². The summed E-state index contributed by atoms with van der Waals surface area (Å²) in [6.07, 6.45) is 6.20. The normalized spacial score (nSPS) is 18.1. The number of carboxylic acids is 1. The minimum absolute atomic E-state index is 0.104. The number of rotatable bonds is 5. The van der Waals surface area contributed by atoms with Crippen molar-refractivity contribution in [3.8, 4) is 0 Å². The largest absolute Gasteiger partial charge is 0.481 e. The smallest absolute Gasteiger partial charge is 0.307 e. The number of aliphatic carboxylic acids is 1. The Balaban J connectivity index is 2.44. The molecule has 1 aromatic carbocycles. The van der Waals surface area contributed by atoms with E-state index in [1.165, 1.54) is 0 Å². The lowest BCUT2D eigenvalue weighted by Crippen LogP contribution is -2.36. The molecule has 2 rings (SSSR count). The molecule has 1 unspecified atom stereocenters. The van der Waals surface area contributed by atoms with Crippen molar-refractivity contribution in [3.05, 3.63) is 40.5 Å². The molecule has 1 atom stereocenters. The first-order valence-corrected chi connectivity index (χ1v) is 9.19. The van der Waals surface area contributed by atoms with Gasteiger partial charge in [-0.1, -0.05) is 18.2 Å². The molecule has 0 aliphatic heterocycles. The van der Waals surface area contributed by atoms with Crippen molar-refractivity contribution in [1.29, 1.82) is 0 Å². The summed E-state index contributed by atoms with van der Waals surface area (Å²) in [6.45, 7) is 5.25. The molecular weight excluding hydrogens is 314 g/mol. The Bertz CT molecular complexity index is 750. The molecule has 126 valence electrons. The van der Waals surface area contributed by atoms with Gasteiger partial charge in [0.15, 0.2) is 0 Å². The molecule has 0 amide bonds. The molecule has 6 heteroatoms. The fraction of sp³-hybridized carbons (Fsp3) is 0.471. The van der Waals surface area contributed by atoms with E-state index in [1.54, 1.807) is 19.9 Å². The van der Waals surface area contributed by atoms with Crippen molar-refractivity contribution in [3.63, 3.8) is 0 Å². The first kappa shape index (κ1) is 17.7. The SMILES string of the molecule is Cc1cc(C)c(S(=O)(=O)NC2CC=CCC2)c(C)c1CC(=O)O. The Hall–Kier alpha value is -1.66. The molecule has 1 aromatic rings. The van der Waals surface area contributed by atoms with Crippen LogP contribution in [-0.2, 0) is 21.2 Å². The number of sulfonamides is 1. The van der Waals surface area contributed by atoms with Crippen molar-refractivity contribution >= 4 is 16.0 Å². The van der Waals surface area contributed by atoms with Crippen molar-refractivity contribution in [1.82, 2.24) is 4.72 Å². The monoisotopic (exact) mass is 337 g/mol. The van der Waals surface area contributed by atoms with Gasteiger partial charge in [-0.15, -0.1) is 0 Å². The second-order valence-corrected chi connectivity index (χ2v) is 7.77. The summed E-state index contributed by atoms with van der Waals surface area (Å²) in [4.78, 5) is 11.3. The number of carboxylic acid groups (broad SMARTS) is 1. The Morgan fingerprint density at radius 2 is 1.96 bits per heavy atom. The van der Waals surface area contributed by atoms with Crippen LogP contribution in [0.3, 0.4) is 0 Å². The molecule has 0 spiro atoms. The van der Waals surface area contributed by atoms with Gasteiger partial charge < -0.3 is 5.11 Å².